The highest BCUT2D eigenvalue weighted by molar-refractivity contribution is 9.10. The molecule has 0 bridgehead atoms. The van der Waals surface area contributed by atoms with Crippen LogP contribution >= 0.6 is 15.9 Å². The van der Waals surface area contributed by atoms with E-state index in [0.29, 0.717) is 21.9 Å². The maximum absolute atomic E-state index is 10.8. The summed E-state index contributed by atoms with van der Waals surface area (Å²) in [5.74, 6) is 0.862. The van der Waals surface area contributed by atoms with Crippen LogP contribution in [0, 0.1) is 17.0 Å². The fourth-order valence-corrected chi connectivity index (χ4v) is 1.78. The summed E-state index contributed by atoms with van der Waals surface area (Å²) in [4.78, 5) is 18.1. The van der Waals surface area contributed by atoms with Crippen molar-refractivity contribution in [2.75, 3.05) is 5.32 Å². The molecule has 0 aliphatic carbocycles. The molecular weight excluding hydrogens is 306 g/mol. The van der Waals surface area contributed by atoms with Gasteiger partial charge in [0.15, 0.2) is 5.82 Å². The normalized spacial score (nSPS) is 10.3. The standard InChI is InChI=1S/C9H8BrN5O3/c1-5-13-8(18-14-5)4-12-9-6(10)2-11-3-7(9)15(16)17/h2-3H,4H2,1H3,(H,11,12). The van der Waals surface area contributed by atoms with Crippen molar-refractivity contribution in [3.05, 3.63) is 38.7 Å². The zero-order valence-corrected chi connectivity index (χ0v) is 10.8. The molecule has 0 aromatic carbocycles. The van der Waals surface area contributed by atoms with Crippen molar-refractivity contribution in [1.82, 2.24) is 15.1 Å². The molecule has 2 aromatic heterocycles. The van der Waals surface area contributed by atoms with Gasteiger partial charge in [0.2, 0.25) is 5.89 Å². The highest BCUT2D eigenvalue weighted by Crippen LogP contribution is 2.31. The number of hydrogen-bond donors (Lipinski definition) is 1. The van der Waals surface area contributed by atoms with Crippen LogP contribution in [0.25, 0.3) is 0 Å². The Morgan fingerprint density at radius 3 is 2.94 bits per heavy atom. The lowest BCUT2D eigenvalue weighted by Crippen LogP contribution is -2.04. The topological polar surface area (TPSA) is 107 Å². The van der Waals surface area contributed by atoms with E-state index in [-0.39, 0.29) is 12.2 Å². The Balaban J connectivity index is 2.20. The second-order valence-electron chi connectivity index (χ2n) is 3.36. The molecule has 0 atom stereocenters. The Labute approximate surface area is 110 Å². The average Bonchev–Trinajstić information content (AvgIpc) is 2.73. The van der Waals surface area contributed by atoms with Crippen LogP contribution < -0.4 is 5.32 Å². The Hall–Kier alpha value is -2.03. The van der Waals surface area contributed by atoms with Gasteiger partial charge >= 0.3 is 5.69 Å². The van der Waals surface area contributed by atoms with Crippen LogP contribution in [0.2, 0.25) is 0 Å². The molecule has 8 nitrogen and oxygen atoms in total. The van der Waals surface area contributed by atoms with Crippen LogP contribution in [0.5, 0.6) is 0 Å². The Bertz CT molecular complexity index is 585. The summed E-state index contributed by atoms with van der Waals surface area (Å²) in [5.41, 5.74) is 0.200. The first-order valence-corrected chi connectivity index (χ1v) is 5.68. The molecule has 0 fully saturated rings. The molecule has 0 saturated carbocycles. The van der Waals surface area contributed by atoms with Gasteiger partial charge in [0.25, 0.3) is 0 Å². The number of halogens is 1. The van der Waals surface area contributed by atoms with Crippen LogP contribution in [0.15, 0.2) is 21.4 Å². The van der Waals surface area contributed by atoms with Crippen LogP contribution in [0.4, 0.5) is 11.4 Å². The maximum atomic E-state index is 10.8. The largest absolute Gasteiger partial charge is 0.370 e. The average molecular weight is 314 g/mol. The molecular formula is C9H8BrN5O3. The lowest BCUT2D eigenvalue weighted by atomic mass is 10.3. The highest BCUT2D eigenvalue weighted by atomic mass is 79.9. The fourth-order valence-electron chi connectivity index (χ4n) is 1.31. The molecule has 94 valence electrons. The first-order valence-electron chi connectivity index (χ1n) is 4.89. The minimum Gasteiger partial charge on any atom is -0.370 e. The van der Waals surface area contributed by atoms with Crippen LogP contribution in [-0.2, 0) is 6.54 Å². The van der Waals surface area contributed by atoms with Gasteiger partial charge in [-0.25, -0.2) is 0 Å². The number of aryl methyl sites for hydroxylation is 1. The molecule has 18 heavy (non-hydrogen) atoms. The van der Waals surface area contributed by atoms with Crippen molar-refractivity contribution in [3.63, 3.8) is 0 Å². The molecule has 0 aliphatic heterocycles. The molecule has 0 radical (unpaired) electrons. The number of anilines is 1. The Morgan fingerprint density at radius 2 is 2.33 bits per heavy atom. The van der Waals surface area contributed by atoms with Crippen molar-refractivity contribution in [3.8, 4) is 0 Å². The lowest BCUT2D eigenvalue weighted by Gasteiger charge is -2.05. The Kier molecular flexibility index (Phi) is 3.51. The van der Waals surface area contributed by atoms with Crippen molar-refractivity contribution in [1.29, 1.82) is 0 Å². The molecule has 1 N–H and O–H groups in total. The van der Waals surface area contributed by atoms with E-state index in [1.54, 1.807) is 6.92 Å². The molecule has 2 rings (SSSR count). The monoisotopic (exact) mass is 313 g/mol. The highest BCUT2D eigenvalue weighted by Gasteiger charge is 2.17. The molecule has 0 aliphatic rings. The third-order valence-electron chi connectivity index (χ3n) is 2.06. The molecule has 2 heterocycles. The van der Waals surface area contributed by atoms with E-state index in [2.05, 4.69) is 36.4 Å². The van der Waals surface area contributed by atoms with E-state index in [9.17, 15) is 10.1 Å². The minimum absolute atomic E-state index is 0.124. The quantitative estimate of drug-likeness (QED) is 0.679. The van der Waals surface area contributed by atoms with E-state index in [1.165, 1.54) is 12.4 Å². The van der Waals surface area contributed by atoms with Gasteiger partial charge in [0, 0.05) is 6.20 Å². The van der Waals surface area contributed by atoms with E-state index in [1.807, 2.05) is 0 Å². The van der Waals surface area contributed by atoms with Crippen LogP contribution in [0.3, 0.4) is 0 Å². The summed E-state index contributed by atoms with van der Waals surface area (Å²) in [6.45, 7) is 1.89. The number of nitrogens with zero attached hydrogens (tertiary/aromatic N) is 4. The Morgan fingerprint density at radius 1 is 1.56 bits per heavy atom. The van der Waals surface area contributed by atoms with Gasteiger partial charge in [0.1, 0.15) is 11.9 Å². The van der Waals surface area contributed by atoms with E-state index in [4.69, 9.17) is 4.52 Å². The van der Waals surface area contributed by atoms with Gasteiger partial charge in [-0.3, -0.25) is 15.1 Å². The van der Waals surface area contributed by atoms with Gasteiger partial charge in [0.05, 0.1) is 15.9 Å². The van der Waals surface area contributed by atoms with Crippen LogP contribution in [0.1, 0.15) is 11.7 Å². The zero-order chi connectivity index (χ0) is 13.1. The van der Waals surface area contributed by atoms with Gasteiger partial charge < -0.3 is 9.84 Å². The summed E-state index contributed by atoms with van der Waals surface area (Å²) in [5, 5.41) is 17.3. The van der Waals surface area contributed by atoms with E-state index >= 15 is 0 Å². The number of pyridine rings is 1. The third-order valence-corrected chi connectivity index (χ3v) is 2.66. The molecule has 9 heteroatoms. The van der Waals surface area contributed by atoms with Crippen molar-refractivity contribution in [2.45, 2.75) is 13.5 Å². The first-order chi connectivity index (χ1) is 8.58. The van der Waals surface area contributed by atoms with Gasteiger partial charge in [-0.1, -0.05) is 5.16 Å². The minimum atomic E-state index is -0.515. The summed E-state index contributed by atoms with van der Waals surface area (Å²) in [7, 11) is 0. The SMILES string of the molecule is Cc1noc(CNc2c(Br)cncc2[N+](=O)[O-])n1. The summed E-state index contributed by atoms with van der Waals surface area (Å²) >= 11 is 3.20. The fraction of sp³-hybridized carbons (Fsp3) is 0.222. The predicted molar refractivity (Wildman–Crippen MR) is 65.0 cm³/mol. The molecule has 2 aromatic rings. The molecule has 0 saturated heterocycles. The zero-order valence-electron chi connectivity index (χ0n) is 9.25. The summed E-state index contributed by atoms with van der Waals surface area (Å²) in [6.07, 6.45) is 2.64. The first kappa shape index (κ1) is 12.4. The number of nitro groups is 1. The smallest absolute Gasteiger partial charge is 0.311 e. The third kappa shape index (κ3) is 2.62. The predicted octanol–water partition coefficient (Wildman–Crippen LogP) is 2.06. The van der Waals surface area contributed by atoms with Crippen molar-refractivity contribution in [2.24, 2.45) is 0 Å². The lowest BCUT2D eigenvalue weighted by molar-refractivity contribution is -0.384. The van der Waals surface area contributed by atoms with Gasteiger partial charge in [-0.05, 0) is 22.9 Å². The van der Waals surface area contributed by atoms with E-state index < -0.39 is 4.92 Å². The van der Waals surface area contributed by atoms with Crippen LogP contribution in [-0.4, -0.2) is 20.0 Å². The molecule has 0 spiro atoms. The molecule has 0 unspecified atom stereocenters. The van der Waals surface area contributed by atoms with E-state index in [0.717, 1.165) is 0 Å². The number of nitrogens with one attached hydrogen (secondary N) is 1. The number of aromatic nitrogens is 3. The number of rotatable bonds is 4. The van der Waals surface area contributed by atoms with Crippen molar-refractivity contribution >= 4 is 27.3 Å². The van der Waals surface area contributed by atoms with Gasteiger partial charge in [-0.2, -0.15) is 4.98 Å². The second kappa shape index (κ2) is 5.08. The number of hydrogen-bond acceptors (Lipinski definition) is 7. The van der Waals surface area contributed by atoms with Crippen molar-refractivity contribution < 1.29 is 9.45 Å². The van der Waals surface area contributed by atoms with Gasteiger partial charge in [-0.15, -0.1) is 0 Å². The summed E-state index contributed by atoms with van der Waals surface area (Å²) in [6, 6.07) is 0. The second-order valence-corrected chi connectivity index (χ2v) is 4.22. The summed E-state index contributed by atoms with van der Waals surface area (Å²) < 4.78 is 5.40. The molecule has 0 amide bonds. The maximum Gasteiger partial charge on any atom is 0.311 e.